The van der Waals surface area contributed by atoms with Crippen LogP contribution < -0.4 is 15.5 Å². The second-order valence-corrected chi connectivity index (χ2v) is 7.26. The number of anilines is 2. The maximum absolute atomic E-state index is 12.5. The lowest BCUT2D eigenvalue weighted by atomic mass is 10.1. The molecule has 3 rings (SSSR count). The molecule has 1 saturated heterocycles. The van der Waals surface area contributed by atoms with Gasteiger partial charge in [0, 0.05) is 42.3 Å². The standard InChI is InChI=1S/C22H28N4O2/c1-3-16(2)24-21(27)17-11-12-23-20(15-17)22(28)25-18-7-9-19(10-8-18)26-13-5-4-6-14-26/h7-12,15-16H,3-6,13-14H2,1-2H3,(H,24,27)(H,25,28). The first-order valence-corrected chi connectivity index (χ1v) is 10.00. The zero-order valence-corrected chi connectivity index (χ0v) is 16.6. The first-order chi connectivity index (χ1) is 13.6. The van der Waals surface area contributed by atoms with Crippen LogP contribution in [0.2, 0.25) is 0 Å². The van der Waals surface area contributed by atoms with E-state index in [0.717, 1.165) is 19.5 Å². The summed E-state index contributed by atoms with van der Waals surface area (Å²) in [6, 6.07) is 11.1. The quantitative estimate of drug-likeness (QED) is 0.798. The molecule has 1 aliphatic rings. The van der Waals surface area contributed by atoms with Crippen LogP contribution in [0.1, 0.15) is 60.4 Å². The number of amides is 2. The monoisotopic (exact) mass is 380 g/mol. The van der Waals surface area contributed by atoms with Crippen molar-refractivity contribution < 1.29 is 9.59 Å². The van der Waals surface area contributed by atoms with Gasteiger partial charge < -0.3 is 15.5 Å². The summed E-state index contributed by atoms with van der Waals surface area (Å²) >= 11 is 0. The predicted octanol–water partition coefficient (Wildman–Crippen LogP) is 3.85. The third kappa shape index (κ3) is 5.09. The zero-order chi connectivity index (χ0) is 19.9. The molecule has 0 radical (unpaired) electrons. The van der Waals surface area contributed by atoms with Crippen LogP contribution in [0, 0.1) is 0 Å². The number of hydrogen-bond donors (Lipinski definition) is 2. The molecule has 0 aliphatic carbocycles. The minimum absolute atomic E-state index is 0.0800. The SMILES string of the molecule is CCC(C)NC(=O)c1ccnc(C(=O)Nc2ccc(N3CCCCC3)cc2)c1. The molecule has 2 heterocycles. The minimum Gasteiger partial charge on any atom is -0.372 e. The molecular weight excluding hydrogens is 352 g/mol. The Hall–Kier alpha value is -2.89. The van der Waals surface area contributed by atoms with E-state index in [9.17, 15) is 9.59 Å². The summed E-state index contributed by atoms with van der Waals surface area (Å²) in [6.07, 6.45) is 6.08. The molecule has 1 aromatic carbocycles. The van der Waals surface area contributed by atoms with Crippen LogP contribution in [-0.2, 0) is 0 Å². The average molecular weight is 380 g/mol. The third-order valence-electron chi connectivity index (χ3n) is 5.09. The molecule has 0 bridgehead atoms. The summed E-state index contributed by atoms with van der Waals surface area (Å²) in [4.78, 5) is 31.3. The van der Waals surface area contributed by atoms with E-state index in [2.05, 4.69) is 20.5 Å². The van der Waals surface area contributed by atoms with Crippen molar-refractivity contribution in [3.8, 4) is 0 Å². The smallest absolute Gasteiger partial charge is 0.274 e. The van der Waals surface area contributed by atoms with Crippen molar-refractivity contribution in [3.63, 3.8) is 0 Å². The van der Waals surface area contributed by atoms with E-state index in [4.69, 9.17) is 0 Å². The van der Waals surface area contributed by atoms with Gasteiger partial charge in [0.2, 0.25) is 0 Å². The van der Waals surface area contributed by atoms with Crippen molar-refractivity contribution >= 4 is 23.2 Å². The molecule has 1 aliphatic heterocycles. The van der Waals surface area contributed by atoms with Gasteiger partial charge in [-0.2, -0.15) is 0 Å². The molecule has 28 heavy (non-hydrogen) atoms. The molecule has 6 heteroatoms. The molecule has 0 saturated carbocycles. The number of benzene rings is 1. The Bertz CT molecular complexity index is 814. The molecule has 2 N–H and O–H groups in total. The van der Waals surface area contributed by atoms with E-state index < -0.39 is 0 Å². The molecule has 148 valence electrons. The number of nitrogens with zero attached hydrogens (tertiary/aromatic N) is 2. The van der Waals surface area contributed by atoms with Crippen molar-refractivity contribution in [1.29, 1.82) is 0 Å². The number of carbonyl (C=O) groups excluding carboxylic acids is 2. The van der Waals surface area contributed by atoms with Crippen LogP contribution in [0.25, 0.3) is 0 Å². The van der Waals surface area contributed by atoms with Crippen LogP contribution in [0.4, 0.5) is 11.4 Å². The second kappa shape index (κ2) is 9.35. The van der Waals surface area contributed by atoms with Gasteiger partial charge in [0.1, 0.15) is 5.69 Å². The lowest BCUT2D eigenvalue weighted by molar-refractivity contribution is 0.0939. The summed E-state index contributed by atoms with van der Waals surface area (Å²) in [5.74, 6) is -0.527. The van der Waals surface area contributed by atoms with E-state index in [0.29, 0.717) is 11.3 Å². The maximum atomic E-state index is 12.5. The van der Waals surface area contributed by atoms with E-state index in [1.807, 2.05) is 38.1 Å². The Kier molecular flexibility index (Phi) is 6.63. The first kappa shape index (κ1) is 19.9. The van der Waals surface area contributed by atoms with Crippen LogP contribution in [0.15, 0.2) is 42.6 Å². The topological polar surface area (TPSA) is 74.3 Å². The van der Waals surface area contributed by atoms with Crippen molar-refractivity contribution in [3.05, 3.63) is 53.9 Å². The van der Waals surface area contributed by atoms with Gasteiger partial charge >= 0.3 is 0 Å². The number of piperidine rings is 1. The number of aromatic nitrogens is 1. The Balaban J connectivity index is 1.64. The van der Waals surface area contributed by atoms with Crippen LogP contribution in [0.5, 0.6) is 0 Å². The minimum atomic E-state index is -0.330. The van der Waals surface area contributed by atoms with Crippen molar-refractivity contribution in [2.45, 2.75) is 45.6 Å². The van der Waals surface area contributed by atoms with Crippen LogP contribution in [-0.4, -0.2) is 35.9 Å². The summed E-state index contributed by atoms with van der Waals surface area (Å²) < 4.78 is 0. The fourth-order valence-electron chi connectivity index (χ4n) is 3.21. The van der Waals surface area contributed by atoms with Gasteiger partial charge in [-0.1, -0.05) is 6.92 Å². The molecule has 1 atom stereocenters. The highest BCUT2D eigenvalue weighted by Crippen LogP contribution is 2.22. The fraction of sp³-hybridized carbons (Fsp3) is 0.409. The van der Waals surface area contributed by atoms with Gasteiger partial charge in [-0.15, -0.1) is 0 Å². The molecule has 2 amide bonds. The summed E-state index contributed by atoms with van der Waals surface area (Å²) in [7, 11) is 0. The molecular formula is C22H28N4O2. The van der Waals surface area contributed by atoms with E-state index in [1.165, 1.54) is 37.2 Å². The Morgan fingerprint density at radius 2 is 1.79 bits per heavy atom. The molecule has 1 fully saturated rings. The largest absolute Gasteiger partial charge is 0.372 e. The molecule has 6 nitrogen and oxygen atoms in total. The highest BCUT2D eigenvalue weighted by Gasteiger charge is 2.14. The maximum Gasteiger partial charge on any atom is 0.274 e. The highest BCUT2D eigenvalue weighted by atomic mass is 16.2. The van der Waals surface area contributed by atoms with Crippen LogP contribution >= 0.6 is 0 Å². The second-order valence-electron chi connectivity index (χ2n) is 7.26. The Labute approximate surface area is 166 Å². The Morgan fingerprint density at radius 1 is 1.07 bits per heavy atom. The van der Waals surface area contributed by atoms with Crippen LogP contribution in [0.3, 0.4) is 0 Å². The zero-order valence-electron chi connectivity index (χ0n) is 16.6. The van der Waals surface area contributed by atoms with E-state index >= 15 is 0 Å². The van der Waals surface area contributed by atoms with Gasteiger partial charge in [0.05, 0.1) is 0 Å². The van der Waals surface area contributed by atoms with Gasteiger partial charge in [0.25, 0.3) is 11.8 Å². The lowest BCUT2D eigenvalue weighted by Gasteiger charge is -2.28. The van der Waals surface area contributed by atoms with Crippen molar-refractivity contribution in [1.82, 2.24) is 10.3 Å². The van der Waals surface area contributed by atoms with Gasteiger partial charge in [-0.3, -0.25) is 14.6 Å². The van der Waals surface area contributed by atoms with Crippen molar-refractivity contribution in [2.75, 3.05) is 23.3 Å². The van der Waals surface area contributed by atoms with E-state index in [-0.39, 0.29) is 23.6 Å². The normalized spacial score (nSPS) is 15.0. The highest BCUT2D eigenvalue weighted by molar-refractivity contribution is 6.04. The Morgan fingerprint density at radius 3 is 2.46 bits per heavy atom. The lowest BCUT2D eigenvalue weighted by Crippen LogP contribution is -2.32. The number of hydrogen-bond acceptors (Lipinski definition) is 4. The van der Waals surface area contributed by atoms with E-state index in [1.54, 1.807) is 6.07 Å². The number of rotatable bonds is 6. The molecule has 1 unspecified atom stereocenters. The summed E-state index contributed by atoms with van der Waals surface area (Å²) in [6.45, 7) is 6.12. The summed E-state index contributed by atoms with van der Waals surface area (Å²) in [5, 5.41) is 5.75. The number of carbonyl (C=O) groups is 2. The first-order valence-electron chi connectivity index (χ1n) is 10.00. The summed E-state index contributed by atoms with van der Waals surface area (Å²) in [5.41, 5.74) is 2.54. The third-order valence-corrected chi connectivity index (χ3v) is 5.09. The van der Waals surface area contributed by atoms with Gasteiger partial charge in [-0.25, -0.2) is 0 Å². The predicted molar refractivity (Wildman–Crippen MR) is 112 cm³/mol. The molecule has 2 aromatic rings. The van der Waals surface area contributed by atoms with Crippen molar-refractivity contribution in [2.24, 2.45) is 0 Å². The van der Waals surface area contributed by atoms with Gasteiger partial charge in [-0.05, 0) is 69.0 Å². The number of nitrogens with one attached hydrogen (secondary N) is 2. The molecule has 0 spiro atoms. The number of pyridine rings is 1. The average Bonchev–Trinajstić information content (AvgIpc) is 2.74. The van der Waals surface area contributed by atoms with Gasteiger partial charge in [0.15, 0.2) is 0 Å². The molecule has 1 aromatic heterocycles. The fourth-order valence-corrected chi connectivity index (χ4v) is 3.21.